The van der Waals surface area contributed by atoms with Gasteiger partial charge in [0.2, 0.25) is 5.95 Å². The second-order valence-electron chi connectivity index (χ2n) is 7.59. The van der Waals surface area contributed by atoms with Gasteiger partial charge < -0.3 is 20.9 Å². The van der Waals surface area contributed by atoms with Gasteiger partial charge in [-0.05, 0) is 51.2 Å². The third kappa shape index (κ3) is 4.82. The molecule has 0 aliphatic carbocycles. The lowest BCUT2D eigenvalue weighted by Gasteiger charge is -2.22. The van der Waals surface area contributed by atoms with Gasteiger partial charge in [-0.3, -0.25) is 0 Å². The van der Waals surface area contributed by atoms with Crippen molar-refractivity contribution < 1.29 is 0 Å². The Labute approximate surface area is 198 Å². The molecule has 4 rings (SSSR count). The molecule has 3 N–H and O–H groups in total. The van der Waals surface area contributed by atoms with Gasteiger partial charge in [-0.2, -0.15) is 0 Å². The highest BCUT2D eigenvalue weighted by atomic mass is 35.5. The standard InChI is InChI=1S/C23H26ClN7S/c1-4-31(10-9-25-3)20-8-7-18(14(2)27-20)29-23-26-13-15-11-21(32)28-19-12-16(24)5-6-17(19)22(15)30-23/h5-8,12-13,25H,4,9-11H2,1-3H3,(H,28,32)(H,26,29,30). The number of nitrogens with zero attached hydrogens (tertiary/aromatic N) is 4. The molecule has 3 aromatic rings. The number of aromatic nitrogens is 3. The Morgan fingerprint density at radius 3 is 2.81 bits per heavy atom. The van der Waals surface area contributed by atoms with E-state index in [2.05, 4.69) is 32.8 Å². The molecule has 2 aromatic heterocycles. The number of likely N-dealkylation sites (N-methyl/N-ethyl adjacent to an activating group) is 2. The summed E-state index contributed by atoms with van der Waals surface area (Å²) in [6.07, 6.45) is 2.40. The van der Waals surface area contributed by atoms with E-state index in [9.17, 15) is 0 Å². The molecule has 0 amide bonds. The molecule has 0 saturated carbocycles. The second-order valence-corrected chi connectivity index (χ2v) is 8.52. The summed E-state index contributed by atoms with van der Waals surface area (Å²) in [5.41, 5.74) is 5.38. The van der Waals surface area contributed by atoms with Gasteiger partial charge in [0.1, 0.15) is 5.82 Å². The summed E-state index contributed by atoms with van der Waals surface area (Å²) in [6, 6.07) is 9.74. The molecule has 32 heavy (non-hydrogen) atoms. The number of anilines is 4. The van der Waals surface area contributed by atoms with Gasteiger partial charge in [-0.1, -0.05) is 23.8 Å². The number of fused-ring (bicyclic) bond motifs is 3. The van der Waals surface area contributed by atoms with Crippen LogP contribution in [-0.4, -0.2) is 46.6 Å². The zero-order valence-electron chi connectivity index (χ0n) is 18.4. The summed E-state index contributed by atoms with van der Waals surface area (Å²) in [5.74, 6) is 1.47. The topological polar surface area (TPSA) is 78.0 Å². The molecule has 3 heterocycles. The van der Waals surface area contributed by atoms with Crippen molar-refractivity contribution >= 4 is 51.9 Å². The maximum atomic E-state index is 6.19. The van der Waals surface area contributed by atoms with Crippen LogP contribution in [0.5, 0.6) is 0 Å². The largest absolute Gasteiger partial charge is 0.356 e. The maximum absolute atomic E-state index is 6.19. The minimum Gasteiger partial charge on any atom is -0.356 e. The third-order valence-corrected chi connectivity index (χ3v) is 5.86. The quantitative estimate of drug-likeness (QED) is 0.436. The molecule has 0 saturated heterocycles. The van der Waals surface area contributed by atoms with Gasteiger partial charge in [0.05, 0.1) is 22.1 Å². The van der Waals surface area contributed by atoms with Crippen molar-refractivity contribution in [3.63, 3.8) is 0 Å². The molecule has 1 aliphatic rings. The fourth-order valence-corrected chi connectivity index (χ4v) is 4.12. The molecular weight excluding hydrogens is 442 g/mol. The van der Waals surface area contributed by atoms with Crippen LogP contribution in [0, 0.1) is 6.92 Å². The van der Waals surface area contributed by atoms with Gasteiger partial charge in [-0.25, -0.2) is 15.0 Å². The molecule has 166 valence electrons. The van der Waals surface area contributed by atoms with Crippen LogP contribution in [0.4, 0.5) is 23.1 Å². The number of aryl methyl sites for hydroxylation is 1. The van der Waals surface area contributed by atoms with Crippen LogP contribution in [0.3, 0.4) is 0 Å². The average molecular weight is 468 g/mol. The third-order valence-electron chi connectivity index (χ3n) is 5.38. The van der Waals surface area contributed by atoms with Crippen LogP contribution >= 0.6 is 23.8 Å². The van der Waals surface area contributed by atoms with E-state index in [-0.39, 0.29) is 0 Å². The molecule has 7 nitrogen and oxygen atoms in total. The lowest BCUT2D eigenvalue weighted by Crippen LogP contribution is -2.31. The Kier molecular flexibility index (Phi) is 6.83. The number of thiocarbonyl (C=S) groups is 1. The Hall–Kier alpha value is -2.81. The number of nitrogens with one attached hydrogen (secondary N) is 3. The van der Waals surface area contributed by atoms with Crippen LogP contribution in [0.1, 0.15) is 18.2 Å². The van der Waals surface area contributed by atoms with Crippen LogP contribution in [0.25, 0.3) is 11.3 Å². The Morgan fingerprint density at radius 2 is 2.06 bits per heavy atom. The second kappa shape index (κ2) is 9.77. The lowest BCUT2D eigenvalue weighted by atomic mass is 10.1. The SMILES string of the molecule is CCN(CCNC)c1ccc(Nc2ncc3c(n2)-c2ccc(Cl)cc2NC(=S)C3)c(C)n1. The number of rotatable bonds is 7. The van der Waals surface area contributed by atoms with Gasteiger partial charge in [0.15, 0.2) is 0 Å². The van der Waals surface area contributed by atoms with E-state index in [1.54, 1.807) is 0 Å². The maximum Gasteiger partial charge on any atom is 0.227 e. The van der Waals surface area contributed by atoms with Gasteiger partial charge >= 0.3 is 0 Å². The summed E-state index contributed by atoms with van der Waals surface area (Å²) in [6.45, 7) is 6.82. The molecule has 1 aliphatic heterocycles. The van der Waals surface area contributed by atoms with Crippen LogP contribution in [0.15, 0.2) is 36.5 Å². The normalized spacial score (nSPS) is 12.4. The van der Waals surface area contributed by atoms with E-state index in [0.717, 1.165) is 59.3 Å². The van der Waals surface area contributed by atoms with Gasteiger partial charge in [-0.15, -0.1) is 0 Å². The van der Waals surface area contributed by atoms with Crippen molar-refractivity contribution in [2.24, 2.45) is 0 Å². The Balaban J connectivity index is 1.63. The van der Waals surface area contributed by atoms with Crippen molar-refractivity contribution in [2.45, 2.75) is 20.3 Å². The predicted octanol–water partition coefficient (Wildman–Crippen LogP) is 4.59. The van der Waals surface area contributed by atoms with Crippen LogP contribution in [-0.2, 0) is 6.42 Å². The molecule has 0 radical (unpaired) electrons. The molecular formula is C23H26ClN7S. The Morgan fingerprint density at radius 1 is 1.22 bits per heavy atom. The highest BCUT2D eigenvalue weighted by Gasteiger charge is 2.20. The number of benzene rings is 1. The summed E-state index contributed by atoms with van der Waals surface area (Å²) < 4.78 is 0. The highest BCUT2D eigenvalue weighted by molar-refractivity contribution is 7.80. The first-order chi connectivity index (χ1) is 15.5. The van der Waals surface area contributed by atoms with Crippen molar-refractivity contribution in [2.75, 3.05) is 42.2 Å². The van der Waals surface area contributed by atoms with E-state index in [1.165, 1.54) is 0 Å². The summed E-state index contributed by atoms with van der Waals surface area (Å²) in [7, 11) is 1.96. The number of halogens is 1. The van der Waals surface area contributed by atoms with Gasteiger partial charge in [0, 0.05) is 54.1 Å². The van der Waals surface area contributed by atoms with Crippen molar-refractivity contribution in [3.05, 3.63) is 52.8 Å². The summed E-state index contributed by atoms with van der Waals surface area (Å²) in [5, 5.41) is 10.4. The molecule has 1 aromatic carbocycles. The first kappa shape index (κ1) is 22.4. The monoisotopic (exact) mass is 467 g/mol. The first-order valence-electron chi connectivity index (χ1n) is 10.6. The number of hydrogen-bond acceptors (Lipinski definition) is 7. The summed E-state index contributed by atoms with van der Waals surface area (Å²) in [4.78, 5) is 17.1. The van der Waals surface area contributed by atoms with Crippen LogP contribution in [0.2, 0.25) is 5.02 Å². The Bertz CT molecular complexity index is 1150. The molecule has 0 spiro atoms. The fourth-order valence-electron chi connectivity index (χ4n) is 3.68. The van der Waals surface area contributed by atoms with E-state index in [1.807, 2.05) is 50.5 Å². The zero-order chi connectivity index (χ0) is 22.7. The van der Waals surface area contributed by atoms with Crippen LogP contribution < -0.4 is 20.9 Å². The minimum atomic E-state index is 0.512. The smallest absolute Gasteiger partial charge is 0.227 e. The minimum absolute atomic E-state index is 0.512. The number of pyridine rings is 1. The average Bonchev–Trinajstić information content (AvgIpc) is 2.90. The molecule has 9 heteroatoms. The van der Waals surface area contributed by atoms with E-state index < -0.39 is 0 Å². The van der Waals surface area contributed by atoms with Crippen molar-refractivity contribution in [3.8, 4) is 11.3 Å². The zero-order valence-corrected chi connectivity index (χ0v) is 19.9. The molecule has 0 atom stereocenters. The molecule has 0 fully saturated rings. The number of hydrogen-bond donors (Lipinski definition) is 3. The highest BCUT2D eigenvalue weighted by Crippen LogP contribution is 2.35. The van der Waals surface area contributed by atoms with Gasteiger partial charge in [0.25, 0.3) is 0 Å². The predicted molar refractivity (Wildman–Crippen MR) is 136 cm³/mol. The van der Waals surface area contributed by atoms with Crippen molar-refractivity contribution in [1.29, 1.82) is 0 Å². The first-order valence-corrected chi connectivity index (χ1v) is 11.4. The van der Waals surface area contributed by atoms with E-state index in [4.69, 9.17) is 33.8 Å². The van der Waals surface area contributed by atoms with E-state index in [0.29, 0.717) is 22.4 Å². The summed E-state index contributed by atoms with van der Waals surface area (Å²) >= 11 is 11.7. The molecule has 0 bridgehead atoms. The van der Waals surface area contributed by atoms with Crippen molar-refractivity contribution in [1.82, 2.24) is 20.3 Å². The fraction of sp³-hybridized carbons (Fsp3) is 0.304. The molecule has 0 unspecified atom stereocenters. The lowest BCUT2D eigenvalue weighted by molar-refractivity contribution is 0.728. The van der Waals surface area contributed by atoms with E-state index >= 15 is 0 Å².